The van der Waals surface area contributed by atoms with E-state index in [2.05, 4.69) is 0 Å². The normalized spacial score (nSPS) is 9.11. The fourth-order valence-corrected chi connectivity index (χ4v) is 0.625. The molecule has 1 aromatic carbocycles. The molecule has 2 N–H and O–H groups in total. The van der Waals surface area contributed by atoms with Gasteiger partial charge in [-0.25, -0.2) is 0 Å². The van der Waals surface area contributed by atoms with Crippen LogP contribution in [0.15, 0.2) is 30.3 Å². The molecule has 0 bridgehead atoms. The van der Waals surface area contributed by atoms with E-state index in [0.29, 0.717) is 5.46 Å². The van der Waals surface area contributed by atoms with Crippen LogP contribution < -0.4 is 5.46 Å². The van der Waals surface area contributed by atoms with Crippen LogP contribution in [0.3, 0.4) is 0 Å². The third-order valence-corrected chi connectivity index (χ3v) is 1.10. The Balaban J connectivity index is 0. The Bertz CT molecular complexity index is 181. The molecule has 1 rings (SSSR count). The molecule has 1 aromatic rings. The molecule has 0 atom stereocenters. The summed E-state index contributed by atoms with van der Waals surface area (Å²) >= 11 is 0. The van der Waals surface area contributed by atoms with E-state index in [1.54, 1.807) is 24.3 Å². The van der Waals surface area contributed by atoms with Crippen molar-refractivity contribution < 1.29 is 12.9 Å². The van der Waals surface area contributed by atoms with Gasteiger partial charge in [0.1, 0.15) is 0 Å². The molecule has 0 saturated carbocycles. The SMILES string of the molecule is OB(O)c1ccccc1.[HH].[HH]. The Morgan fingerprint density at radius 3 is 2.00 bits per heavy atom. The number of benzene rings is 1. The minimum Gasteiger partial charge on any atom is -0.423 e. The van der Waals surface area contributed by atoms with Crippen LogP contribution in [0.25, 0.3) is 0 Å². The second-order valence-electron chi connectivity index (χ2n) is 1.78. The van der Waals surface area contributed by atoms with Crippen molar-refractivity contribution in [3.05, 3.63) is 30.3 Å². The third kappa shape index (κ3) is 1.55. The van der Waals surface area contributed by atoms with E-state index in [-0.39, 0.29) is 2.85 Å². The summed E-state index contributed by atoms with van der Waals surface area (Å²) in [6.07, 6.45) is 0. The Hall–Kier alpha value is -0.795. The van der Waals surface area contributed by atoms with Crippen molar-refractivity contribution in [1.29, 1.82) is 0 Å². The van der Waals surface area contributed by atoms with Gasteiger partial charge in [0.2, 0.25) is 0 Å². The van der Waals surface area contributed by atoms with Crippen molar-refractivity contribution in [3.63, 3.8) is 0 Å². The van der Waals surface area contributed by atoms with E-state index in [1.165, 1.54) is 0 Å². The molecule has 3 heteroatoms. The largest absolute Gasteiger partial charge is 0.488 e. The van der Waals surface area contributed by atoms with E-state index in [0.717, 1.165) is 0 Å². The molecule has 9 heavy (non-hydrogen) atoms. The topological polar surface area (TPSA) is 40.5 Å². The maximum Gasteiger partial charge on any atom is 0.488 e. The summed E-state index contributed by atoms with van der Waals surface area (Å²) in [5.41, 5.74) is 0.525. The summed E-state index contributed by atoms with van der Waals surface area (Å²) in [4.78, 5) is 0. The minimum atomic E-state index is -1.34. The van der Waals surface area contributed by atoms with Gasteiger partial charge < -0.3 is 10.0 Å². The Labute approximate surface area is 56.9 Å². The molecule has 0 aliphatic rings. The van der Waals surface area contributed by atoms with Crippen molar-refractivity contribution in [2.45, 2.75) is 0 Å². The maximum absolute atomic E-state index is 8.58. The standard InChI is InChI=1S/C6H7BO2.2H2/c8-7(9)6-4-2-1-3-5-6;;/h1-5,8-9H;2*1H. The van der Waals surface area contributed by atoms with Gasteiger partial charge in [-0.1, -0.05) is 30.3 Å². The Morgan fingerprint density at radius 2 is 1.67 bits per heavy atom. The van der Waals surface area contributed by atoms with Gasteiger partial charge in [-0.05, 0) is 5.46 Å². The quantitative estimate of drug-likeness (QED) is 0.514. The number of rotatable bonds is 1. The van der Waals surface area contributed by atoms with E-state index in [4.69, 9.17) is 10.0 Å². The fraction of sp³-hybridized carbons (Fsp3) is 0. The molecule has 0 unspecified atom stereocenters. The molecule has 0 amide bonds. The van der Waals surface area contributed by atoms with Crippen molar-refractivity contribution >= 4 is 12.6 Å². The predicted octanol–water partition coefficient (Wildman–Crippen LogP) is -0.142. The molecule has 0 fully saturated rings. The van der Waals surface area contributed by atoms with Gasteiger partial charge in [0.05, 0.1) is 0 Å². The van der Waals surface area contributed by atoms with Crippen LogP contribution in [0.4, 0.5) is 0 Å². The zero-order valence-electron chi connectivity index (χ0n) is 4.86. The lowest BCUT2D eigenvalue weighted by Gasteiger charge is -1.94. The van der Waals surface area contributed by atoms with Gasteiger partial charge in [0.15, 0.2) is 0 Å². The first-order valence-corrected chi connectivity index (χ1v) is 2.72. The zero-order valence-corrected chi connectivity index (χ0v) is 4.86. The van der Waals surface area contributed by atoms with Crippen LogP contribution in [0.1, 0.15) is 2.85 Å². The lowest BCUT2D eigenvalue weighted by Crippen LogP contribution is -2.29. The highest BCUT2D eigenvalue weighted by Crippen LogP contribution is 1.82. The van der Waals surface area contributed by atoms with Crippen molar-refractivity contribution in [3.8, 4) is 0 Å². The van der Waals surface area contributed by atoms with E-state index < -0.39 is 7.12 Å². The minimum absolute atomic E-state index is 0. The monoisotopic (exact) mass is 126 g/mol. The summed E-state index contributed by atoms with van der Waals surface area (Å²) in [6, 6.07) is 8.66. The predicted molar refractivity (Wildman–Crippen MR) is 40.5 cm³/mol. The first-order valence-electron chi connectivity index (χ1n) is 2.72. The highest BCUT2D eigenvalue weighted by atomic mass is 16.4. The second kappa shape index (κ2) is 2.66. The highest BCUT2D eigenvalue weighted by molar-refractivity contribution is 6.58. The molecule has 0 spiro atoms. The molecule has 0 radical (unpaired) electrons. The maximum atomic E-state index is 8.58. The molecule has 0 aliphatic heterocycles. The molecular weight excluding hydrogens is 115 g/mol. The third-order valence-electron chi connectivity index (χ3n) is 1.10. The van der Waals surface area contributed by atoms with Crippen LogP contribution in [0.5, 0.6) is 0 Å². The highest BCUT2D eigenvalue weighted by Gasteiger charge is 2.07. The number of hydrogen-bond acceptors (Lipinski definition) is 2. The molecule has 0 aromatic heterocycles. The van der Waals surface area contributed by atoms with Crippen LogP contribution >= 0.6 is 0 Å². The Kier molecular flexibility index (Phi) is 1.87. The summed E-state index contributed by atoms with van der Waals surface area (Å²) in [5.74, 6) is 0. The van der Waals surface area contributed by atoms with Gasteiger partial charge in [-0.15, -0.1) is 0 Å². The second-order valence-corrected chi connectivity index (χ2v) is 1.78. The first-order chi connectivity index (χ1) is 4.30. The van der Waals surface area contributed by atoms with Crippen molar-refractivity contribution in [2.24, 2.45) is 0 Å². The van der Waals surface area contributed by atoms with Crippen molar-refractivity contribution in [2.75, 3.05) is 0 Å². The van der Waals surface area contributed by atoms with Crippen LogP contribution in [-0.2, 0) is 0 Å². The van der Waals surface area contributed by atoms with Crippen LogP contribution in [0.2, 0.25) is 0 Å². The van der Waals surface area contributed by atoms with E-state index >= 15 is 0 Å². The van der Waals surface area contributed by atoms with Gasteiger partial charge in [0, 0.05) is 2.85 Å². The summed E-state index contributed by atoms with van der Waals surface area (Å²) in [7, 11) is -1.34. The number of hydrogen-bond donors (Lipinski definition) is 2. The van der Waals surface area contributed by atoms with Gasteiger partial charge in [-0.2, -0.15) is 0 Å². The smallest absolute Gasteiger partial charge is 0.423 e. The first kappa shape index (κ1) is 6.33. The summed E-state index contributed by atoms with van der Waals surface area (Å²) in [5, 5.41) is 17.2. The van der Waals surface area contributed by atoms with Crippen molar-refractivity contribution in [1.82, 2.24) is 0 Å². The molecular formula is C6H11BO2. The van der Waals surface area contributed by atoms with E-state index in [1.807, 2.05) is 6.07 Å². The zero-order chi connectivity index (χ0) is 6.69. The molecule has 0 aliphatic carbocycles. The van der Waals surface area contributed by atoms with Gasteiger partial charge >= 0.3 is 7.12 Å². The molecule has 0 saturated heterocycles. The van der Waals surface area contributed by atoms with Crippen LogP contribution in [0, 0.1) is 0 Å². The fourth-order valence-electron chi connectivity index (χ4n) is 0.625. The van der Waals surface area contributed by atoms with E-state index in [9.17, 15) is 0 Å². The Morgan fingerprint density at radius 1 is 1.11 bits per heavy atom. The molecule has 2 nitrogen and oxygen atoms in total. The van der Waals surface area contributed by atoms with Gasteiger partial charge in [0.25, 0.3) is 0 Å². The molecule has 0 heterocycles. The average molecular weight is 126 g/mol. The summed E-state index contributed by atoms with van der Waals surface area (Å²) < 4.78 is 0. The molecule has 50 valence electrons. The van der Waals surface area contributed by atoms with Crippen LogP contribution in [-0.4, -0.2) is 17.2 Å². The lowest BCUT2D eigenvalue weighted by molar-refractivity contribution is 0.426. The lowest BCUT2D eigenvalue weighted by atomic mass is 9.81. The van der Waals surface area contributed by atoms with Gasteiger partial charge in [-0.3, -0.25) is 0 Å². The average Bonchev–Trinajstić information content (AvgIpc) is 1.90. The summed E-state index contributed by atoms with van der Waals surface area (Å²) in [6.45, 7) is 0.